The van der Waals surface area contributed by atoms with Gasteiger partial charge in [0, 0.05) is 30.6 Å². The summed E-state index contributed by atoms with van der Waals surface area (Å²) in [4.78, 5) is 31.3. The van der Waals surface area contributed by atoms with E-state index in [0.29, 0.717) is 11.1 Å². The average Bonchev–Trinajstić information content (AvgIpc) is 3.49. The van der Waals surface area contributed by atoms with Gasteiger partial charge in [-0.25, -0.2) is 23.5 Å². The molecule has 1 heterocycles. The lowest BCUT2D eigenvalue weighted by Crippen LogP contribution is -2.48. The largest absolute Gasteiger partial charge is 0.480 e. The molecule has 0 radical (unpaired) electrons. The summed E-state index contributed by atoms with van der Waals surface area (Å²) in [5, 5.41) is 10.0. The Morgan fingerprint density at radius 2 is 2.00 bits per heavy atom. The van der Waals surface area contributed by atoms with Crippen LogP contribution < -0.4 is 0 Å². The van der Waals surface area contributed by atoms with Crippen LogP contribution in [0.1, 0.15) is 32.8 Å². The number of halogens is 3. The minimum Gasteiger partial charge on any atom is -0.480 e. The summed E-state index contributed by atoms with van der Waals surface area (Å²) in [5.74, 6) is -2.66. The highest BCUT2D eigenvalue weighted by Crippen LogP contribution is 2.67. The maximum absolute atomic E-state index is 15.0. The van der Waals surface area contributed by atoms with Crippen molar-refractivity contribution in [3.63, 3.8) is 0 Å². The topological polar surface area (TPSA) is 88.4 Å². The number of aliphatic imine (C=N–C) groups is 1. The van der Waals surface area contributed by atoms with Crippen LogP contribution in [0.2, 0.25) is 25.7 Å². The van der Waals surface area contributed by atoms with Crippen molar-refractivity contribution in [3.8, 4) is 0 Å². The molecular weight excluding hydrogens is 574 g/mol. The van der Waals surface area contributed by atoms with Crippen LogP contribution in [0.15, 0.2) is 27.7 Å². The fourth-order valence-corrected chi connectivity index (χ4v) is 6.61. The quantitative estimate of drug-likeness (QED) is 0.214. The molecule has 1 aliphatic heterocycles. The number of alkyl halides is 1. The Morgan fingerprint density at radius 3 is 2.56 bits per heavy atom. The van der Waals surface area contributed by atoms with Crippen LogP contribution in [0.5, 0.6) is 0 Å². The number of carbonyl (C=O) groups excluding carboxylic acids is 1. The highest BCUT2D eigenvalue weighted by Gasteiger charge is 2.73. The van der Waals surface area contributed by atoms with Gasteiger partial charge in [-0.15, -0.1) is 0 Å². The molecule has 1 aromatic carbocycles. The summed E-state index contributed by atoms with van der Waals surface area (Å²) in [5.41, 5.74) is -2.73. The molecule has 2 aliphatic rings. The lowest BCUT2D eigenvalue weighted by Gasteiger charge is -2.37. The number of carbonyl (C=O) groups is 2. The van der Waals surface area contributed by atoms with Gasteiger partial charge in [-0.3, -0.25) is 4.79 Å². The molecule has 3 rings (SSSR count). The van der Waals surface area contributed by atoms with E-state index < -0.39 is 54.4 Å². The zero-order valence-corrected chi connectivity index (χ0v) is 24.8. The van der Waals surface area contributed by atoms with E-state index in [9.17, 15) is 19.1 Å². The Morgan fingerprint density at radius 1 is 1.33 bits per heavy atom. The summed E-state index contributed by atoms with van der Waals surface area (Å²) in [6.45, 7) is 10.7. The molecule has 1 aliphatic carbocycles. The van der Waals surface area contributed by atoms with E-state index in [1.54, 1.807) is 20.8 Å². The van der Waals surface area contributed by atoms with Crippen LogP contribution in [0.4, 0.5) is 13.6 Å². The number of aliphatic carboxylic acids is 1. The molecule has 1 fully saturated rings. The number of thioether (sulfide) groups is 1. The van der Waals surface area contributed by atoms with Gasteiger partial charge in [0.05, 0.1) is 0 Å². The molecule has 1 amide bonds. The molecule has 1 aromatic rings. The molecule has 0 unspecified atom stereocenters. The second-order valence-electron chi connectivity index (χ2n) is 11.4. The monoisotopic (exact) mass is 606 g/mol. The minimum atomic E-state index is -1.81. The molecule has 12 heteroatoms. The standard InChI is InChI=1S/C24H33BrF2N2O5SSi/c1-22(2,3)34-21(32)29(14-33-9-10-36(4,5)6)20-28-23(13-26,16-11-15(25)7-8-17(16)27)18-12-24(18,35-20)19(30)31/h7-8,11,18H,9-10,12-14H2,1-6H3,(H,30,31)/t18-,23+,24-/m0/s1. The van der Waals surface area contributed by atoms with Crippen molar-refractivity contribution in [1.29, 1.82) is 0 Å². The van der Waals surface area contributed by atoms with Crippen molar-refractivity contribution >= 4 is 53.0 Å². The molecule has 200 valence electrons. The summed E-state index contributed by atoms with van der Waals surface area (Å²) in [7, 11) is -1.42. The fraction of sp³-hybridized carbons (Fsp3) is 0.625. The molecule has 0 bridgehead atoms. The molecule has 0 saturated heterocycles. The van der Waals surface area contributed by atoms with Crippen LogP contribution in [-0.4, -0.2) is 65.7 Å². The van der Waals surface area contributed by atoms with E-state index in [2.05, 4.69) is 40.6 Å². The predicted octanol–water partition coefficient (Wildman–Crippen LogP) is 6.25. The number of rotatable bonds is 8. The number of amides is 1. The van der Waals surface area contributed by atoms with E-state index in [1.807, 2.05) is 0 Å². The first-order valence-electron chi connectivity index (χ1n) is 11.7. The second kappa shape index (κ2) is 10.3. The number of ether oxygens (including phenoxy) is 2. The number of fused-ring (bicyclic) bond motifs is 1. The van der Waals surface area contributed by atoms with Gasteiger partial charge >= 0.3 is 12.1 Å². The zero-order valence-electron chi connectivity index (χ0n) is 21.4. The molecule has 1 saturated carbocycles. The summed E-state index contributed by atoms with van der Waals surface area (Å²) in [6, 6.07) is 4.92. The minimum absolute atomic E-state index is 0.0610. The number of carboxylic acids is 1. The van der Waals surface area contributed by atoms with Crippen LogP contribution in [0.3, 0.4) is 0 Å². The number of carboxylic acid groups (broad SMARTS) is 1. The number of hydrogen-bond donors (Lipinski definition) is 1. The molecule has 36 heavy (non-hydrogen) atoms. The van der Waals surface area contributed by atoms with E-state index in [-0.39, 0.29) is 23.9 Å². The van der Waals surface area contributed by atoms with Gasteiger partial charge in [0.15, 0.2) is 5.17 Å². The Bertz CT molecular complexity index is 1060. The zero-order chi connectivity index (χ0) is 27.1. The van der Waals surface area contributed by atoms with Gasteiger partial charge in [0.2, 0.25) is 0 Å². The van der Waals surface area contributed by atoms with Crippen LogP contribution >= 0.6 is 27.7 Å². The van der Waals surface area contributed by atoms with Crippen molar-refractivity contribution in [2.45, 2.75) is 68.8 Å². The molecule has 0 spiro atoms. The van der Waals surface area contributed by atoms with E-state index in [1.165, 1.54) is 18.2 Å². The first-order valence-corrected chi connectivity index (χ1v) is 17.0. The fourth-order valence-electron chi connectivity index (χ4n) is 4.05. The Balaban J connectivity index is 2.08. The number of nitrogens with zero attached hydrogens (tertiary/aromatic N) is 2. The summed E-state index contributed by atoms with van der Waals surface area (Å²) < 4.78 is 40.4. The Hall–Kier alpha value is -1.50. The summed E-state index contributed by atoms with van der Waals surface area (Å²) >= 11 is 4.16. The lowest BCUT2D eigenvalue weighted by molar-refractivity contribution is -0.137. The molecule has 1 N–H and O–H groups in total. The maximum Gasteiger partial charge on any atom is 0.418 e. The van der Waals surface area contributed by atoms with Crippen LogP contribution in [0, 0.1) is 11.7 Å². The maximum atomic E-state index is 15.0. The van der Waals surface area contributed by atoms with Gasteiger partial charge in [0.25, 0.3) is 0 Å². The number of benzene rings is 1. The molecule has 0 aromatic heterocycles. The van der Waals surface area contributed by atoms with Crippen LogP contribution in [-0.2, 0) is 19.8 Å². The van der Waals surface area contributed by atoms with Gasteiger partial charge in [-0.05, 0) is 51.4 Å². The highest BCUT2D eigenvalue weighted by molar-refractivity contribution is 9.10. The average molecular weight is 608 g/mol. The van der Waals surface area contributed by atoms with Crippen molar-refractivity contribution in [3.05, 3.63) is 34.1 Å². The first kappa shape index (κ1) is 29.1. The highest BCUT2D eigenvalue weighted by atomic mass is 79.9. The molecular formula is C24H33BrF2N2O5SSi. The Kier molecular flexibility index (Phi) is 8.34. The smallest absolute Gasteiger partial charge is 0.418 e. The third-order valence-corrected chi connectivity index (χ3v) is 9.76. The number of amidine groups is 1. The predicted molar refractivity (Wildman–Crippen MR) is 142 cm³/mol. The van der Waals surface area contributed by atoms with Crippen molar-refractivity contribution in [2.24, 2.45) is 10.9 Å². The second-order valence-corrected chi connectivity index (χ2v) is 19.2. The van der Waals surface area contributed by atoms with Gasteiger partial charge in [-0.2, -0.15) is 0 Å². The van der Waals surface area contributed by atoms with E-state index in [4.69, 9.17) is 9.47 Å². The van der Waals surface area contributed by atoms with Crippen LogP contribution in [0.25, 0.3) is 0 Å². The van der Waals surface area contributed by atoms with Gasteiger partial charge in [-0.1, -0.05) is 47.3 Å². The van der Waals surface area contributed by atoms with Crippen molar-refractivity contribution in [1.82, 2.24) is 4.90 Å². The van der Waals surface area contributed by atoms with Crippen molar-refractivity contribution in [2.75, 3.05) is 20.0 Å². The molecule has 3 atom stereocenters. The normalized spacial score (nSPS) is 25.6. The number of hydrogen-bond acceptors (Lipinski definition) is 6. The molecule has 7 nitrogen and oxygen atoms in total. The SMILES string of the molecule is CC(C)(C)OC(=O)N(COCC[Si](C)(C)C)C1=N[C@](CF)(c2cc(Br)ccc2F)[C@@H]2C[C@]2(C(=O)O)S1. The lowest BCUT2D eigenvalue weighted by atomic mass is 9.85. The Labute approximate surface area is 224 Å². The first-order chi connectivity index (χ1) is 16.5. The van der Waals surface area contributed by atoms with E-state index >= 15 is 4.39 Å². The third-order valence-electron chi connectivity index (χ3n) is 6.08. The van der Waals surface area contributed by atoms with Gasteiger partial charge < -0.3 is 14.6 Å². The van der Waals surface area contributed by atoms with Gasteiger partial charge in [0.1, 0.15) is 35.1 Å². The van der Waals surface area contributed by atoms with E-state index in [0.717, 1.165) is 22.7 Å². The van der Waals surface area contributed by atoms with Crippen molar-refractivity contribution < 1.29 is 33.0 Å². The third kappa shape index (κ3) is 6.13. The summed E-state index contributed by atoms with van der Waals surface area (Å²) in [6.07, 6.45) is -0.724.